The monoisotopic (exact) mass is 240 g/mol. The summed E-state index contributed by atoms with van der Waals surface area (Å²) >= 11 is 0. The van der Waals surface area contributed by atoms with E-state index in [9.17, 15) is 9.59 Å². The zero-order valence-electron chi connectivity index (χ0n) is 11.0. The highest BCUT2D eigenvalue weighted by Gasteiger charge is 2.39. The van der Waals surface area contributed by atoms with Gasteiger partial charge in [0.2, 0.25) is 0 Å². The van der Waals surface area contributed by atoms with Crippen molar-refractivity contribution in [1.82, 2.24) is 0 Å². The largest absolute Gasteiger partial charge is 0.469 e. The van der Waals surface area contributed by atoms with Crippen LogP contribution in [0.15, 0.2) is 11.6 Å². The van der Waals surface area contributed by atoms with Crippen molar-refractivity contribution in [2.45, 2.75) is 33.8 Å². The van der Waals surface area contributed by atoms with E-state index < -0.39 is 0 Å². The van der Waals surface area contributed by atoms with Crippen LogP contribution < -0.4 is 0 Å². The maximum atomic E-state index is 11.7. The Morgan fingerprint density at radius 3 is 2.29 bits per heavy atom. The smallest absolute Gasteiger partial charge is 0.313 e. The fraction of sp³-hybridized carbons (Fsp3) is 0.692. The molecular formula is C13H20O4. The lowest BCUT2D eigenvalue weighted by Gasteiger charge is -2.36. The second-order valence-corrected chi connectivity index (χ2v) is 4.70. The van der Waals surface area contributed by atoms with Crippen molar-refractivity contribution in [2.24, 2.45) is 17.8 Å². The molecule has 0 bridgehead atoms. The SMILES string of the molecule is COC(=O)C1C(C)=CC(OC(C)=O)C(C)C1C. The van der Waals surface area contributed by atoms with Gasteiger partial charge in [-0.15, -0.1) is 0 Å². The standard InChI is InChI=1S/C13H20O4/c1-7-6-11(17-10(4)14)8(2)9(3)12(7)13(15)16-5/h6,8-9,11-12H,1-5H3. The van der Waals surface area contributed by atoms with Crippen LogP contribution in [-0.2, 0) is 19.1 Å². The summed E-state index contributed by atoms with van der Waals surface area (Å²) in [6.07, 6.45) is 1.61. The number of methoxy groups -OCH3 is 1. The highest BCUT2D eigenvalue weighted by Crippen LogP contribution is 2.36. The van der Waals surface area contributed by atoms with E-state index in [0.717, 1.165) is 5.57 Å². The van der Waals surface area contributed by atoms with Crippen LogP contribution >= 0.6 is 0 Å². The fourth-order valence-corrected chi connectivity index (χ4v) is 2.39. The van der Waals surface area contributed by atoms with Crippen LogP contribution in [0.5, 0.6) is 0 Å². The molecule has 17 heavy (non-hydrogen) atoms. The highest BCUT2D eigenvalue weighted by atomic mass is 16.5. The van der Waals surface area contributed by atoms with Gasteiger partial charge in [0.05, 0.1) is 13.0 Å². The van der Waals surface area contributed by atoms with Crippen LogP contribution in [0.25, 0.3) is 0 Å². The molecule has 1 rings (SSSR count). The van der Waals surface area contributed by atoms with E-state index in [0.29, 0.717) is 0 Å². The molecule has 1 aliphatic carbocycles. The summed E-state index contributed by atoms with van der Waals surface area (Å²) in [5.41, 5.74) is 0.911. The first-order chi connectivity index (χ1) is 7.88. The Kier molecular flexibility index (Phi) is 4.32. The molecule has 4 unspecified atom stereocenters. The predicted molar refractivity (Wildman–Crippen MR) is 63.1 cm³/mol. The number of carbonyl (C=O) groups excluding carboxylic acids is 2. The van der Waals surface area contributed by atoms with E-state index in [4.69, 9.17) is 9.47 Å². The molecule has 0 fully saturated rings. The van der Waals surface area contributed by atoms with Crippen molar-refractivity contribution in [1.29, 1.82) is 0 Å². The first-order valence-corrected chi connectivity index (χ1v) is 5.81. The van der Waals surface area contributed by atoms with Crippen molar-refractivity contribution in [3.63, 3.8) is 0 Å². The first kappa shape index (κ1) is 13.7. The maximum Gasteiger partial charge on any atom is 0.313 e. The molecular weight excluding hydrogens is 220 g/mol. The van der Waals surface area contributed by atoms with Crippen LogP contribution in [0.4, 0.5) is 0 Å². The summed E-state index contributed by atoms with van der Waals surface area (Å²) < 4.78 is 10.0. The summed E-state index contributed by atoms with van der Waals surface area (Å²) in [7, 11) is 1.39. The summed E-state index contributed by atoms with van der Waals surface area (Å²) in [6.45, 7) is 7.24. The van der Waals surface area contributed by atoms with Gasteiger partial charge in [0.15, 0.2) is 0 Å². The topological polar surface area (TPSA) is 52.6 Å². The van der Waals surface area contributed by atoms with Crippen molar-refractivity contribution in [3.8, 4) is 0 Å². The Morgan fingerprint density at radius 1 is 1.24 bits per heavy atom. The van der Waals surface area contributed by atoms with E-state index >= 15 is 0 Å². The number of carbonyl (C=O) groups is 2. The second kappa shape index (κ2) is 5.34. The zero-order chi connectivity index (χ0) is 13.2. The van der Waals surface area contributed by atoms with Gasteiger partial charge in [-0.2, -0.15) is 0 Å². The lowest BCUT2D eigenvalue weighted by atomic mass is 9.72. The second-order valence-electron chi connectivity index (χ2n) is 4.70. The minimum atomic E-state index is -0.297. The molecule has 0 aliphatic heterocycles. The number of esters is 2. The maximum absolute atomic E-state index is 11.7. The Morgan fingerprint density at radius 2 is 1.82 bits per heavy atom. The van der Waals surface area contributed by atoms with E-state index in [1.807, 2.05) is 26.8 Å². The third kappa shape index (κ3) is 2.87. The molecule has 0 N–H and O–H groups in total. The van der Waals surface area contributed by atoms with Gasteiger partial charge >= 0.3 is 11.9 Å². The molecule has 0 spiro atoms. The summed E-state index contributed by atoms with van der Waals surface area (Å²) in [6, 6.07) is 0. The minimum absolute atomic E-state index is 0.0943. The normalized spacial score (nSPS) is 32.6. The molecule has 4 atom stereocenters. The summed E-state index contributed by atoms with van der Waals surface area (Å²) in [4.78, 5) is 22.7. The molecule has 96 valence electrons. The lowest BCUT2D eigenvalue weighted by molar-refractivity contribution is -0.151. The Labute approximate surface area is 102 Å². The quantitative estimate of drug-likeness (QED) is 0.546. The van der Waals surface area contributed by atoms with Gasteiger partial charge in [-0.25, -0.2) is 0 Å². The van der Waals surface area contributed by atoms with Gasteiger partial charge < -0.3 is 9.47 Å². The number of hydrogen-bond acceptors (Lipinski definition) is 4. The van der Waals surface area contributed by atoms with Gasteiger partial charge in [0.1, 0.15) is 6.10 Å². The van der Waals surface area contributed by atoms with Gasteiger partial charge in [0.25, 0.3) is 0 Å². The van der Waals surface area contributed by atoms with Crippen molar-refractivity contribution < 1.29 is 19.1 Å². The molecule has 0 saturated carbocycles. The molecule has 0 heterocycles. The number of hydrogen-bond donors (Lipinski definition) is 0. The molecule has 0 aromatic carbocycles. The Hall–Kier alpha value is -1.32. The third-order valence-electron chi connectivity index (χ3n) is 3.55. The van der Waals surface area contributed by atoms with Crippen molar-refractivity contribution in [2.75, 3.05) is 7.11 Å². The number of rotatable bonds is 2. The zero-order valence-corrected chi connectivity index (χ0v) is 11.0. The molecule has 4 heteroatoms. The average Bonchev–Trinajstić information content (AvgIpc) is 2.24. The van der Waals surface area contributed by atoms with Gasteiger partial charge in [-0.3, -0.25) is 9.59 Å². The molecule has 0 radical (unpaired) electrons. The average molecular weight is 240 g/mol. The Balaban J connectivity index is 2.95. The molecule has 0 saturated heterocycles. The van der Waals surface area contributed by atoms with Crippen molar-refractivity contribution in [3.05, 3.63) is 11.6 Å². The van der Waals surface area contributed by atoms with Gasteiger partial charge in [-0.1, -0.05) is 19.4 Å². The van der Waals surface area contributed by atoms with Crippen LogP contribution in [0.2, 0.25) is 0 Å². The third-order valence-corrected chi connectivity index (χ3v) is 3.55. The molecule has 0 amide bonds. The molecule has 4 nitrogen and oxygen atoms in total. The minimum Gasteiger partial charge on any atom is -0.469 e. The van der Waals surface area contributed by atoms with E-state index in [2.05, 4.69) is 0 Å². The van der Waals surface area contributed by atoms with E-state index in [1.165, 1.54) is 14.0 Å². The van der Waals surface area contributed by atoms with Crippen LogP contribution in [0.1, 0.15) is 27.7 Å². The van der Waals surface area contributed by atoms with Crippen LogP contribution in [0.3, 0.4) is 0 Å². The van der Waals surface area contributed by atoms with Crippen LogP contribution in [0, 0.1) is 17.8 Å². The fourth-order valence-electron chi connectivity index (χ4n) is 2.39. The number of ether oxygens (including phenoxy) is 2. The molecule has 0 aromatic rings. The summed E-state index contributed by atoms with van der Waals surface area (Å²) in [5.74, 6) is -0.556. The summed E-state index contributed by atoms with van der Waals surface area (Å²) in [5, 5.41) is 0. The highest BCUT2D eigenvalue weighted by molar-refractivity contribution is 5.76. The molecule has 1 aliphatic rings. The lowest BCUT2D eigenvalue weighted by Crippen LogP contribution is -2.39. The van der Waals surface area contributed by atoms with Crippen LogP contribution in [-0.4, -0.2) is 25.2 Å². The van der Waals surface area contributed by atoms with Gasteiger partial charge in [0, 0.05) is 12.8 Å². The van der Waals surface area contributed by atoms with E-state index in [1.54, 1.807) is 0 Å². The van der Waals surface area contributed by atoms with Gasteiger partial charge in [-0.05, 0) is 18.9 Å². The van der Waals surface area contributed by atoms with E-state index in [-0.39, 0.29) is 35.8 Å². The molecule has 0 aromatic heterocycles. The van der Waals surface area contributed by atoms with Crippen molar-refractivity contribution >= 4 is 11.9 Å². The predicted octanol–water partition coefficient (Wildman–Crippen LogP) is 1.94. The Bertz CT molecular complexity index is 345. The first-order valence-electron chi connectivity index (χ1n) is 5.81.